The zero-order valence-corrected chi connectivity index (χ0v) is 11.6. The van der Waals surface area contributed by atoms with Crippen LogP contribution in [0.4, 0.5) is 0 Å². The van der Waals surface area contributed by atoms with E-state index in [-0.39, 0.29) is 0 Å². The maximum absolute atomic E-state index is 8.80. The van der Waals surface area contributed by atoms with Crippen molar-refractivity contribution < 1.29 is 5.11 Å². The van der Waals surface area contributed by atoms with Gasteiger partial charge in [0.25, 0.3) is 0 Å². The highest BCUT2D eigenvalue weighted by Crippen LogP contribution is 2.52. The third-order valence-electron chi connectivity index (χ3n) is 5.08. The van der Waals surface area contributed by atoms with Crippen LogP contribution < -0.4 is 5.32 Å². The summed E-state index contributed by atoms with van der Waals surface area (Å²) < 4.78 is 0. The zero-order chi connectivity index (χ0) is 13.1. The molecule has 2 fully saturated rings. The molecule has 2 aliphatic rings. The molecule has 0 radical (unpaired) electrons. The molecule has 1 aromatic carbocycles. The van der Waals surface area contributed by atoms with E-state index in [4.69, 9.17) is 5.11 Å². The Bertz CT molecular complexity index is 392. The number of nitrogens with one attached hydrogen (secondary N) is 1. The first kappa shape index (κ1) is 13.1. The minimum Gasteiger partial charge on any atom is -0.396 e. The Morgan fingerprint density at radius 2 is 1.84 bits per heavy atom. The van der Waals surface area contributed by atoms with Gasteiger partial charge in [-0.05, 0) is 62.0 Å². The Kier molecular flexibility index (Phi) is 4.19. The predicted octanol–water partition coefficient (Wildman–Crippen LogP) is 2.93. The van der Waals surface area contributed by atoms with Gasteiger partial charge < -0.3 is 10.4 Å². The highest BCUT2D eigenvalue weighted by Gasteiger charge is 2.45. The Balaban J connectivity index is 1.51. The predicted molar refractivity (Wildman–Crippen MR) is 78.1 cm³/mol. The third-order valence-corrected chi connectivity index (χ3v) is 5.08. The second kappa shape index (κ2) is 6.06. The van der Waals surface area contributed by atoms with Gasteiger partial charge in [-0.2, -0.15) is 0 Å². The van der Waals surface area contributed by atoms with Crippen molar-refractivity contribution in [1.82, 2.24) is 5.32 Å². The van der Waals surface area contributed by atoms with Crippen molar-refractivity contribution in [3.05, 3.63) is 35.9 Å². The Morgan fingerprint density at radius 3 is 2.53 bits per heavy atom. The second-order valence-electron chi connectivity index (χ2n) is 6.24. The van der Waals surface area contributed by atoms with E-state index < -0.39 is 0 Å². The van der Waals surface area contributed by atoms with Crippen LogP contribution in [0.25, 0.3) is 0 Å². The standard InChI is InChI=1S/C17H25NO/c19-9-5-4-8-18-17-12-14-10-15(17)11-16(14)13-6-2-1-3-7-13/h1-3,6-7,14-19H,4-5,8-12H2/t14-,15-,16+,17?/m0/s1. The average Bonchev–Trinajstić information content (AvgIpc) is 3.04. The first-order valence-electron chi connectivity index (χ1n) is 7.77. The molecule has 1 aromatic rings. The summed E-state index contributed by atoms with van der Waals surface area (Å²) in [5.41, 5.74) is 1.55. The van der Waals surface area contributed by atoms with Crippen LogP contribution in [0.5, 0.6) is 0 Å². The molecule has 0 spiro atoms. The van der Waals surface area contributed by atoms with E-state index in [9.17, 15) is 0 Å². The highest BCUT2D eigenvalue weighted by atomic mass is 16.2. The minimum atomic E-state index is 0.328. The average molecular weight is 259 g/mol. The molecule has 0 aromatic heterocycles. The molecule has 2 nitrogen and oxygen atoms in total. The topological polar surface area (TPSA) is 32.3 Å². The number of rotatable bonds is 6. The number of hydrogen-bond acceptors (Lipinski definition) is 2. The summed E-state index contributed by atoms with van der Waals surface area (Å²) in [4.78, 5) is 0. The van der Waals surface area contributed by atoms with Crippen LogP contribution in [0.15, 0.2) is 30.3 Å². The molecule has 1 unspecified atom stereocenters. The molecule has 104 valence electrons. The van der Waals surface area contributed by atoms with Crippen molar-refractivity contribution in [3.8, 4) is 0 Å². The van der Waals surface area contributed by atoms with Crippen LogP contribution in [0.3, 0.4) is 0 Å². The Morgan fingerprint density at radius 1 is 1.00 bits per heavy atom. The molecular weight excluding hydrogens is 234 g/mol. The Hall–Kier alpha value is -0.860. The van der Waals surface area contributed by atoms with Gasteiger partial charge in [0.1, 0.15) is 0 Å². The summed E-state index contributed by atoms with van der Waals surface area (Å²) in [5, 5.41) is 12.5. The number of hydrogen-bond donors (Lipinski definition) is 2. The number of aliphatic hydroxyl groups excluding tert-OH is 1. The molecule has 2 heteroatoms. The molecule has 3 rings (SSSR count). The molecule has 0 saturated heterocycles. The summed E-state index contributed by atoms with van der Waals surface area (Å²) in [5.74, 6) is 2.58. The lowest BCUT2D eigenvalue weighted by atomic mass is 9.81. The van der Waals surface area contributed by atoms with Gasteiger partial charge in [0.05, 0.1) is 0 Å². The maximum Gasteiger partial charge on any atom is 0.0431 e. The van der Waals surface area contributed by atoms with E-state index in [0.717, 1.165) is 43.2 Å². The summed E-state index contributed by atoms with van der Waals surface area (Å²) in [7, 11) is 0. The van der Waals surface area contributed by atoms with Crippen LogP contribution in [-0.2, 0) is 0 Å². The van der Waals surface area contributed by atoms with Gasteiger partial charge in [0, 0.05) is 12.6 Å². The summed E-state index contributed by atoms with van der Waals surface area (Å²) in [6.45, 7) is 1.40. The largest absolute Gasteiger partial charge is 0.396 e. The van der Waals surface area contributed by atoms with E-state index in [0.29, 0.717) is 6.61 Å². The van der Waals surface area contributed by atoms with Gasteiger partial charge in [0.2, 0.25) is 0 Å². The van der Waals surface area contributed by atoms with Gasteiger partial charge in [-0.25, -0.2) is 0 Å². The number of aliphatic hydroxyl groups is 1. The lowest BCUT2D eigenvalue weighted by Gasteiger charge is -2.29. The van der Waals surface area contributed by atoms with Gasteiger partial charge >= 0.3 is 0 Å². The van der Waals surface area contributed by atoms with Crippen molar-refractivity contribution >= 4 is 0 Å². The van der Waals surface area contributed by atoms with Gasteiger partial charge in [-0.15, -0.1) is 0 Å². The molecule has 19 heavy (non-hydrogen) atoms. The number of benzene rings is 1. The van der Waals surface area contributed by atoms with E-state index in [2.05, 4.69) is 35.6 Å². The van der Waals surface area contributed by atoms with Crippen molar-refractivity contribution in [2.24, 2.45) is 11.8 Å². The van der Waals surface area contributed by atoms with Gasteiger partial charge in [-0.1, -0.05) is 30.3 Å². The van der Waals surface area contributed by atoms with Crippen molar-refractivity contribution in [2.75, 3.05) is 13.2 Å². The van der Waals surface area contributed by atoms with Gasteiger partial charge in [-0.3, -0.25) is 0 Å². The lowest BCUT2D eigenvalue weighted by Crippen LogP contribution is -2.36. The van der Waals surface area contributed by atoms with E-state index >= 15 is 0 Å². The fourth-order valence-electron chi connectivity index (χ4n) is 4.16. The zero-order valence-electron chi connectivity index (χ0n) is 11.6. The molecule has 0 amide bonds. The van der Waals surface area contributed by atoms with Crippen molar-refractivity contribution in [1.29, 1.82) is 0 Å². The fraction of sp³-hybridized carbons (Fsp3) is 0.647. The second-order valence-corrected chi connectivity index (χ2v) is 6.24. The van der Waals surface area contributed by atoms with Crippen LogP contribution in [0.1, 0.15) is 43.6 Å². The minimum absolute atomic E-state index is 0.328. The fourth-order valence-corrected chi connectivity index (χ4v) is 4.16. The molecule has 0 heterocycles. The van der Waals surface area contributed by atoms with Gasteiger partial charge in [0.15, 0.2) is 0 Å². The third kappa shape index (κ3) is 2.85. The van der Waals surface area contributed by atoms with E-state index in [1.165, 1.54) is 19.3 Å². The first-order valence-corrected chi connectivity index (χ1v) is 7.77. The quantitative estimate of drug-likeness (QED) is 0.770. The van der Waals surface area contributed by atoms with Crippen LogP contribution >= 0.6 is 0 Å². The first-order chi connectivity index (χ1) is 9.38. The molecule has 4 atom stereocenters. The monoisotopic (exact) mass is 259 g/mol. The van der Waals surface area contributed by atoms with Crippen LogP contribution in [0, 0.1) is 11.8 Å². The SMILES string of the molecule is OCCCCNC1C[C@@H]2C[C@H]1C[C@@H]2c1ccccc1. The number of fused-ring (bicyclic) bond motifs is 2. The molecule has 2 saturated carbocycles. The molecule has 2 bridgehead atoms. The summed E-state index contributed by atoms with van der Waals surface area (Å²) in [6, 6.07) is 11.8. The molecular formula is C17H25NO. The molecule has 2 N–H and O–H groups in total. The van der Waals surface area contributed by atoms with E-state index in [1.807, 2.05) is 0 Å². The smallest absolute Gasteiger partial charge is 0.0431 e. The molecule has 0 aliphatic heterocycles. The highest BCUT2D eigenvalue weighted by molar-refractivity contribution is 5.23. The van der Waals surface area contributed by atoms with Crippen molar-refractivity contribution in [3.63, 3.8) is 0 Å². The van der Waals surface area contributed by atoms with Crippen molar-refractivity contribution in [2.45, 2.75) is 44.1 Å². The van der Waals surface area contributed by atoms with E-state index in [1.54, 1.807) is 5.56 Å². The van der Waals surface area contributed by atoms with Crippen LogP contribution in [0.2, 0.25) is 0 Å². The lowest BCUT2D eigenvalue weighted by molar-refractivity contribution is 0.277. The Labute approximate surface area is 116 Å². The number of unbranched alkanes of at least 4 members (excludes halogenated alkanes) is 1. The van der Waals surface area contributed by atoms with Crippen LogP contribution in [-0.4, -0.2) is 24.3 Å². The molecule has 2 aliphatic carbocycles. The maximum atomic E-state index is 8.80. The normalized spacial score (nSPS) is 32.9. The summed E-state index contributed by atoms with van der Waals surface area (Å²) >= 11 is 0. The summed E-state index contributed by atoms with van der Waals surface area (Å²) in [6.07, 6.45) is 6.17.